The van der Waals surface area contributed by atoms with Crippen molar-refractivity contribution < 1.29 is 4.79 Å². The van der Waals surface area contributed by atoms with Gasteiger partial charge in [0.25, 0.3) is 5.91 Å². The number of carbonyl (C=O) groups excluding carboxylic acids is 1. The van der Waals surface area contributed by atoms with Gasteiger partial charge in [0.05, 0.1) is 0 Å². The Kier molecular flexibility index (Phi) is 5.32. The Balaban J connectivity index is 1.55. The number of nitrogens with zero attached hydrogens (tertiary/aromatic N) is 4. The molecule has 1 aliphatic carbocycles. The van der Waals surface area contributed by atoms with Crippen molar-refractivity contribution in [3.63, 3.8) is 0 Å². The van der Waals surface area contributed by atoms with E-state index in [2.05, 4.69) is 15.2 Å². The zero-order valence-corrected chi connectivity index (χ0v) is 13.8. The third-order valence-electron chi connectivity index (χ3n) is 4.65. The summed E-state index contributed by atoms with van der Waals surface area (Å²) < 4.78 is 0. The van der Waals surface area contributed by atoms with Gasteiger partial charge in [-0.25, -0.2) is 4.98 Å². The van der Waals surface area contributed by atoms with Crippen molar-refractivity contribution >= 4 is 11.7 Å². The van der Waals surface area contributed by atoms with E-state index >= 15 is 0 Å². The molecule has 1 amide bonds. The molecule has 6 nitrogen and oxygen atoms in total. The molecule has 1 saturated heterocycles. The molecule has 6 heteroatoms. The van der Waals surface area contributed by atoms with Crippen LogP contribution in [0.5, 0.6) is 0 Å². The summed E-state index contributed by atoms with van der Waals surface area (Å²) in [6.45, 7) is 3.21. The predicted octanol–water partition coefficient (Wildman–Crippen LogP) is 1.67. The summed E-state index contributed by atoms with van der Waals surface area (Å²) in [5.41, 5.74) is 0.202. The van der Waals surface area contributed by atoms with E-state index in [4.69, 9.17) is 0 Å². The maximum Gasteiger partial charge on any atom is 0.263 e. The molecule has 0 radical (unpaired) electrons. The minimum Gasteiger partial charge on any atom is -0.373 e. The summed E-state index contributed by atoms with van der Waals surface area (Å²) in [6.07, 6.45) is 7.86. The fraction of sp³-hybridized carbons (Fsp3) is 0.500. The highest BCUT2D eigenvalue weighted by molar-refractivity contribution is 5.97. The number of aromatic nitrogens is 1. The lowest BCUT2D eigenvalue weighted by atomic mass is 10.2. The second kappa shape index (κ2) is 7.82. The van der Waals surface area contributed by atoms with E-state index in [0.717, 1.165) is 57.7 Å². The van der Waals surface area contributed by atoms with Crippen molar-refractivity contribution in [1.82, 2.24) is 15.2 Å². The number of hydrogen-bond acceptors (Lipinski definition) is 5. The van der Waals surface area contributed by atoms with Crippen molar-refractivity contribution in [3.8, 4) is 6.07 Å². The predicted molar refractivity (Wildman–Crippen MR) is 92.1 cm³/mol. The van der Waals surface area contributed by atoms with Gasteiger partial charge in [-0.15, -0.1) is 0 Å². The molecule has 1 saturated carbocycles. The van der Waals surface area contributed by atoms with E-state index in [1.165, 1.54) is 0 Å². The van der Waals surface area contributed by atoms with Gasteiger partial charge >= 0.3 is 0 Å². The van der Waals surface area contributed by atoms with Crippen LogP contribution in [0.2, 0.25) is 0 Å². The number of anilines is 1. The monoisotopic (exact) mass is 325 g/mol. The Morgan fingerprint density at radius 3 is 2.62 bits per heavy atom. The summed E-state index contributed by atoms with van der Waals surface area (Å²) in [5, 5.41) is 12.3. The van der Waals surface area contributed by atoms with E-state index in [1.54, 1.807) is 12.4 Å². The first-order chi connectivity index (χ1) is 11.8. The standard InChI is InChI=1S/C18H23N5O/c19-13-15(18(24)21-16-5-1-2-6-16)14-22-9-11-23(12-10-22)17-7-3-4-8-20-17/h3-4,7-8,14,16H,1-2,5-6,9-12H2,(H,21,24)/b15-14-. The number of nitrogens with one attached hydrogen (secondary N) is 1. The first-order valence-electron chi connectivity index (χ1n) is 8.59. The van der Waals surface area contributed by atoms with E-state index in [9.17, 15) is 10.1 Å². The lowest BCUT2D eigenvalue weighted by Crippen LogP contribution is -2.45. The Morgan fingerprint density at radius 2 is 2.00 bits per heavy atom. The number of rotatable bonds is 4. The van der Waals surface area contributed by atoms with Crippen LogP contribution in [0.4, 0.5) is 5.82 Å². The SMILES string of the molecule is N#C/C(=C/N1CCN(c2ccccn2)CC1)C(=O)NC1CCCC1. The van der Waals surface area contributed by atoms with Gasteiger partial charge in [-0.2, -0.15) is 5.26 Å². The topological polar surface area (TPSA) is 72.3 Å². The number of amides is 1. The molecule has 0 unspecified atom stereocenters. The molecule has 2 aliphatic rings. The van der Waals surface area contributed by atoms with Crippen LogP contribution in [0.15, 0.2) is 36.2 Å². The summed E-state index contributed by atoms with van der Waals surface area (Å²) in [5.74, 6) is 0.733. The van der Waals surface area contributed by atoms with Crippen molar-refractivity contribution in [2.24, 2.45) is 0 Å². The molecule has 1 aromatic rings. The fourth-order valence-electron chi connectivity index (χ4n) is 3.28. The van der Waals surface area contributed by atoms with E-state index < -0.39 is 0 Å². The van der Waals surface area contributed by atoms with Gasteiger partial charge in [0, 0.05) is 44.6 Å². The van der Waals surface area contributed by atoms with Crippen molar-refractivity contribution in [3.05, 3.63) is 36.2 Å². The third kappa shape index (κ3) is 4.05. The highest BCUT2D eigenvalue weighted by Crippen LogP contribution is 2.18. The van der Waals surface area contributed by atoms with E-state index in [1.807, 2.05) is 29.2 Å². The Labute approximate surface area is 142 Å². The lowest BCUT2D eigenvalue weighted by molar-refractivity contribution is -0.117. The Bertz CT molecular complexity index is 623. The van der Waals surface area contributed by atoms with Gasteiger partial charge in [-0.3, -0.25) is 4.79 Å². The van der Waals surface area contributed by atoms with Crippen molar-refractivity contribution in [1.29, 1.82) is 5.26 Å². The third-order valence-corrected chi connectivity index (χ3v) is 4.65. The van der Waals surface area contributed by atoms with Gasteiger partial charge < -0.3 is 15.1 Å². The van der Waals surface area contributed by atoms with Crippen LogP contribution >= 0.6 is 0 Å². The van der Waals surface area contributed by atoms with E-state index in [-0.39, 0.29) is 17.5 Å². The molecule has 24 heavy (non-hydrogen) atoms. The largest absolute Gasteiger partial charge is 0.373 e. The molecule has 0 atom stereocenters. The van der Waals surface area contributed by atoms with Gasteiger partial charge in [0.2, 0.25) is 0 Å². The molecule has 2 fully saturated rings. The lowest BCUT2D eigenvalue weighted by Gasteiger charge is -2.34. The average molecular weight is 325 g/mol. The Morgan fingerprint density at radius 1 is 1.25 bits per heavy atom. The number of pyridine rings is 1. The van der Waals surface area contributed by atoms with Crippen LogP contribution in [-0.4, -0.2) is 48.0 Å². The highest BCUT2D eigenvalue weighted by atomic mass is 16.1. The summed E-state index contributed by atoms with van der Waals surface area (Å²) in [4.78, 5) is 20.9. The number of nitriles is 1. The molecule has 126 valence electrons. The first kappa shape index (κ1) is 16.3. The quantitative estimate of drug-likeness (QED) is 0.673. The second-order valence-corrected chi connectivity index (χ2v) is 6.32. The van der Waals surface area contributed by atoms with Crippen molar-refractivity contribution in [2.45, 2.75) is 31.7 Å². The number of carbonyl (C=O) groups is 1. The maximum atomic E-state index is 12.2. The maximum absolute atomic E-state index is 12.2. The molecule has 0 bridgehead atoms. The Hall–Kier alpha value is -2.55. The molecular formula is C18H23N5O. The van der Waals surface area contributed by atoms with Crippen LogP contribution < -0.4 is 10.2 Å². The fourth-order valence-corrected chi connectivity index (χ4v) is 3.28. The van der Waals surface area contributed by atoms with Gasteiger partial charge in [-0.05, 0) is 25.0 Å². The van der Waals surface area contributed by atoms with Crippen LogP contribution in [0, 0.1) is 11.3 Å². The molecule has 1 aliphatic heterocycles. The normalized spacial score (nSPS) is 19.2. The zero-order valence-electron chi connectivity index (χ0n) is 13.8. The molecule has 0 spiro atoms. The molecular weight excluding hydrogens is 302 g/mol. The smallest absolute Gasteiger partial charge is 0.263 e. The van der Waals surface area contributed by atoms with Gasteiger partial charge in [0.1, 0.15) is 17.5 Å². The molecule has 0 aromatic carbocycles. The first-order valence-corrected chi connectivity index (χ1v) is 8.59. The molecule has 1 aromatic heterocycles. The molecule has 1 N–H and O–H groups in total. The summed E-state index contributed by atoms with van der Waals surface area (Å²) in [6, 6.07) is 8.17. The van der Waals surface area contributed by atoms with Crippen LogP contribution in [-0.2, 0) is 4.79 Å². The van der Waals surface area contributed by atoms with Gasteiger partial charge in [-0.1, -0.05) is 18.9 Å². The van der Waals surface area contributed by atoms with Crippen LogP contribution in [0.3, 0.4) is 0 Å². The van der Waals surface area contributed by atoms with Crippen molar-refractivity contribution in [2.75, 3.05) is 31.1 Å². The van der Waals surface area contributed by atoms with E-state index in [0.29, 0.717) is 0 Å². The van der Waals surface area contributed by atoms with Gasteiger partial charge in [0.15, 0.2) is 0 Å². The van der Waals surface area contributed by atoms with Crippen LogP contribution in [0.1, 0.15) is 25.7 Å². The average Bonchev–Trinajstić information content (AvgIpc) is 3.14. The second-order valence-electron chi connectivity index (χ2n) is 6.32. The molecule has 2 heterocycles. The number of hydrogen-bond donors (Lipinski definition) is 1. The number of piperazine rings is 1. The minimum absolute atomic E-state index is 0.202. The van der Waals surface area contributed by atoms with Crippen LogP contribution in [0.25, 0.3) is 0 Å². The minimum atomic E-state index is -0.239. The zero-order chi connectivity index (χ0) is 16.8. The highest BCUT2D eigenvalue weighted by Gasteiger charge is 2.21. The summed E-state index contributed by atoms with van der Waals surface area (Å²) >= 11 is 0. The molecule has 3 rings (SSSR count). The summed E-state index contributed by atoms with van der Waals surface area (Å²) in [7, 11) is 0.